The summed E-state index contributed by atoms with van der Waals surface area (Å²) in [4.78, 5) is 23.8. The van der Waals surface area contributed by atoms with Gasteiger partial charge in [-0.3, -0.25) is 9.59 Å². The number of hydrogen-bond acceptors (Lipinski definition) is 3. The van der Waals surface area contributed by atoms with Gasteiger partial charge in [-0.05, 0) is 29.8 Å². The number of carbonyl (C=O) groups excluding carboxylic acids is 2. The average Bonchev–Trinajstić information content (AvgIpc) is 2.55. The third kappa shape index (κ3) is 5.14. The molecule has 5 heteroatoms. The number of ether oxygens (including phenoxy) is 1. The lowest BCUT2D eigenvalue weighted by molar-refractivity contribution is -0.125. The van der Waals surface area contributed by atoms with E-state index in [4.69, 9.17) is 4.74 Å². The van der Waals surface area contributed by atoms with Gasteiger partial charge in [0.2, 0.25) is 11.8 Å². The maximum Gasteiger partial charge on any atom is 0.247 e. The summed E-state index contributed by atoms with van der Waals surface area (Å²) < 4.78 is 5.08. The zero-order valence-corrected chi connectivity index (χ0v) is 13.2. The summed E-state index contributed by atoms with van der Waals surface area (Å²) in [6.45, 7) is 1.40. The van der Waals surface area contributed by atoms with Crippen molar-refractivity contribution in [2.45, 2.75) is 19.4 Å². The normalized spacial score (nSPS) is 11.4. The fourth-order valence-corrected chi connectivity index (χ4v) is 2.21. The van der Waals surface area contributed by atoms with Crippen molar-refractivity contribution in [1.29, 1.82) is 0 Å². The second-order valence-electron chi connectivity index (χ2n) is 5.16. The molecule has 1 unspecified atom stereocenters. The molecule has 2 rings (SSSR count). The number of anilines is 1. The number of nitrogens with one attached hydrogen (secondary N) is 2. The van der Waals surface area contributed by atoms with Crippen LogP contribution in [0.15, 0.2) is 54.6 Å². The predicted molar refractivity (Wildman–Crippen MR) is 89.4 cm³/mol. The Labute approximate surface area is 135 Å². The van der Waals surface area contributed by atoms with Crippen LogP contribution in [0.1, 0.15) is 12.5 Å². The van der Waals surface area contributed by atoms with Crippen LogP contribution in [0.3, 0.4) is 0 Å². The lowest BCUT2D eigenvalue weighted by Gasteiger charge is -2.18. The minimum absolute atomic E-state index is 0.240. The van der Waals surface area contributed by atoms with Gasteiger partial charge in [-0.2, -0.15) is 0 Å². The first-order valence-electron chi connectivity index (χ1n) is 7.34. The first-order chi connectivity index (χ1) is 11.1. The molecule has 2 N–H and O–H groups in total. The molecule has 0 fully saturated rings. The third-order valence-electron chi connectivity index (χ3n) is 3.33. The molecule has 0 aliphatic carbocycles. The summed E-state index contributed by atoms with van der Waals surface area (Å²) >= 11 is 0. The van der Waals surface area contributed by atoms with Crippen LogP contribution in [0.5, 0.6) is 5.75 Å². The molecule has 0 bridgehead atoms. The number of benzene rings is 2. The van der Waals surface area contributed by atoms with E-state index in [0.717, 1.165) is 5.56 Å². The Hall–Kier alpha value is -2.82. The molecule has 0 aliphatic rings. The van der Waals surface area contributed by atoms with E-state index in [1.807, 2.05) is 30.3 Å². The molecule has 2 aromatic carbocycles. The van der Waals surface area contributed by atoms with Gasteiger partial charge in [-0.15, -0.1) is 0 Å². The minimum Gasteiger partial charge on any atom is -0.497 e. The molecule has 5 nitrogen and oxygen atoms in total. The lowest BCUT2D eigenvalue weighted by Crippen LogP contribution is -2.44. The fourth-order valence-electron chi connectivity index (χ4n) is 2.21. The van der Waals surface area contributed by atoms with E-state index in [1.54, 1.807) is 31.4 Å². The largest absolute Gasteiger partial charge is 0.497 e. The van der Waals surface area contributed by atoms with Crippen LogP contribution < -0.4 is 15.4 Å². The van der Waals surface area contributed by atoms with Gasteiger partial charge in [-0.1, -0.05) is 30.3 Å². The minimum atomic E-state index is -0.628. The monoisotopic (exact) mass is 312 g/mol. The van der Waals surface area contributed by atoms with Gasteiger partial charge < -0.3 is 15.4 Å². The molecule has 0 heterocycles. The Morgan fingerprint density at radius 1 is 1.04 bits per heavy atom. The molecule has 2 aromatic rings. The molecule has 0 saturated carbocycles. The van der Waals surface area contributed by atoms with Crippen LogP contribution >= 0.6 is 0 Å². The SMILES string of the molecule is COc1ccc(NC(=O)C(Cc2ccccc2)NC(C)=O)cc1. The van der Waals surface area contributed by atoms with Crippen molar-refractivity contribution >= 4 is 17.5 Å². The van der Waals surface area contributed by atoms with Crippen LogP contribution in [0.4, 0.5) is 5.69 Å². The highest BCUT2D eigenvalue weighted by atomic mass is 16.5. The van der Waals surface area contributed by atoms with E-state index in [2.05, 4.69) is 10.6 Å². The molecule has 2 amide bonds. The Kier molecular flexibility index (Phi) is 5.74. The number of carbonyl (C=O) groups is 2. The zero-order valence-electron chi connectivity index (χ0n) is 13.2. The van der Waals surface area contributed by atoms with E-state index in [1.165, 1.54) is 6.92 Å². The summed E-state index contributed by atoms with van der Waals surface area (Å²) in [5.41, 5.74) is 1.63. The van der Waals surface area contributed by atoms with E-state index < -0.39 is 6.04 Å². The van der Waals surface area contributed by atoms with Crippen molar-refractivity contribution in [1.82, 2.24) is 5.32 Å². The molecule has 120 valence electrons. The van der Waals surface area contributed by atoms with Crippen LogP contribution in [-0.4, -0.2) is 25.0 Å². The second kappa shape index (κ2) is 7.98. The van der Waals surface area contributed by atoms with Crippen molar-refractivity contribution in [3.63, 3.8) is 0 Å². The van der Waals surface area contributed by atoms with E-state index in [-0.39, 0.29) is 11.8 Å². The Balaban J connectivity index is 2.07. The van der Waals surface area contributed by atoms with Gasteiger partial charge >= 0.3 is 0 Å². The fraction of sp³-hybridized carbons (Fsp3) is 0.222. The Bertz CT molecular complexity index is 654. The highest BCUT2D eigenvalue weighted by molar-refractivity contribution is 5.97. The topological polar surface area (TPSA) is 67.4 Å². The maximum atomic E-state index is 12.4. The summed E-state index contributed by atoms with van der Waals surface area (Å²) in [5.74, 6) is 0.218. The summed E-state index contributed by atoms with van der Waals surface area (Å²) in [6.07, 6.45) is 0.433. The van der Waals surface area contributed by atoms with Crippen molar-refractivity contribution in [2.24, 2.45) is 0 Å². The molecule has 0 aromatic heterocycles. The lowest BCUT2D eigenvalue weighted by atomic mass is 10.1. The van der Waals surface area contributed by atoms with E-state index in [9.17, 15) is 9.59 Å². The Morgan fingerprint density at radius 2 is 1.70 bits per heavy atom. The van der Waals surface area contributed by atoms with Crippen molar-refractivity contribution in [2.75, 3.05) is 12.4 Å². The molecule has 1 atom stereocenters. The van der Waals surface area contributed by atoms with Crippen molar-refractivity contribution in [3.05, 3.63) is 60.2 Å². The molecular formula is C18H20N2O3. The zero-order chi connectivity index (χ0) is 16.7. The number of rotatable bonds is 6. The number of hydrogen-bond donors (Lipinski definition) is 2. The van der Waals surface area contributed by atoms with Gasteiger partial charge in [0.15, 0.2) is 0 Å². The first kappa shape index (κ1) is 16.5. The van der Waals surface area contributed by atoms with Crippen LogP contribution in [-0.2, 0) is 16.0 Å². The van der Waals surface area contributed by atoms with Gasteiger partial charge in [0.05, 0.1) is 7.11 Å². The van der Waals surface area contributed by atoms with Crippen LogP contribution in [0.25, 0.3) is 0 Å². The van der Waals surface area contributed by atoms with Crippen molar-refractivity contribution in [3.8, 4) is 5.75 Å². The Morgan fingerprint density at radius 3 is 2.26 bits per heavy atom. The van der Waals surface area contributed by atoms with Gasteiger partial charge in [-0.25, -0.2) is 0 Å². The van der Waals surface area contributed by atoms with E-state index >= 15 is 0 Å². The van der Waals surface area contributed by atoms with Crippen LogP contribution in [0.2, 0.25) is 0 Å². The molecule has 0 saturated heterocycles. The van der Waals surface area contributed by atoms with Crippen molar-refractivity contribution < 1.29 is 14.3 Å². The summed E-state index contributed by atoms with van der Waals surface area (Å²) in [6, 6.07) is 16.0. The number of amides is 2. The van der Waals surface area contributed by atoms with Crippen LogP contribution in [0, 0.1) is 0 Å². The number of methoxy groups -OCH3 is 1. The highest BCUT2D eigenvalue weighted by Crippen LogP contribution is 2.15. The highest BCUT2D eigenvalue weighted by Gasteiger charge is 2.20. The average molecular weight is 312 g/mol. The molecule has 23 heavy (non-hydrogen) atoms. The maximum absolute atomic E-state index is 12.4. The second-order valence-corrected chi connectivity index (χ2v) is 5.16. The third-order valence-corrected chi connectivity index (χ3v) is 3.33. The van der Waals surface area contributed by atoms with E-state index in [0.29, 0.717) is 17.9 Å². The molecular weight excluding hydrogens is 292 g/mol. The molecule has 0 aliphatic heterocycles. The molecule has 0 radical (unpaired) electrons. The van der Waals surface area contributed by atoms with Gasteiger partial charge in [0, 0.05) is 19.0 Å². The summed E-state index contributed by atoms with van der Waals surface area (Å²) in [7, 11) is 1.58. The first-order valence-corrected chi connectivity index (χ1v) is 7.34. The predicted octanol–water partition coefficient (Wildman–Crippen LogP) is 2.38. The standard InChI is InChI=1S/C18H20N2O3/c1-13(21)19-17(12-14-6-4-3-5-7-14)18(22)20-15-8-10-16(23-2)11-9-15/h3-11,17H,12H2,1-2H3,(H,19,21)(H,20,22). The van der Waals surface area contributed by atoms with Gasteiger partial charge in [0.25, 0.3) is 0 Å². The summed E-state index contributed by atoms with van der Waals surface area (Å²) in [5, 5.41) is 5.50. The van der Waals surface area contributed by atoms with Gasteiger partial charge in [0.1, 0.15) is 11.8 Å². The molecule has 0 spiro atoms. The smallest absolute Gasteiger partial charge is 0.247 e. The quantitative estimate of drug-likeness (QED) is 0.860.